The summed E-state index contributed by atoms with van der Waals surface area (Å²) in [6, 6.07) is 0. The topological polar surface area (TPSA) is 80.7 Å². The van der Waals surface area contributed by atoms with Crippen LogP contribution in [0.4, 0.5) is 22.0 Å². The highest BCUT2D eigenvalue weighted by molar-refractivity contribution is 7.86. The summed E-state index contributed by atoms with van der Waals surface area (Å²) in [5.41, 5.74) is 0. The minimum atomic E-state index is -6.44. The highest BCUT2D eigenvalue weighted by atomic mass is 32.2. The molecule has 7 fully saturated rings. The van der Waals surface area contributed by atoms with E-state index in [4.69, 9.17) is 4.55 Å². The van der Waals surface area contributed by atoms with Crippen molar-refractivity contribution in [2.45, 2.75) is 62.5 Å². The number of rotatable bonds is 4. The van der Waals surface area contributed by atoms with E-state index in [9.17, 15) is 35.2 Å². The summed E-state index contributed by atoms with van der Waals surface area (Å²) in [7, 11) is -6.44. The fraction of sp³-hybridized carbons (Fsp3) is 0.955. The summed E-state index contributed by atoms with van der Waals surface area (Å²) in [4.78, 5) is 13.1. The van der Waals surface area contributed by atoms with Crippen molar-refractivity contribution in [3.63, 3.8) is 0 Å². The van der Waals surface area contributed by atoms with Gasteiger partial charge in [-0.3, -0.25) is 9.35 Å². The number of fused-ring (bicyclic) bond motifs is 5. The molecule has 7 saturated carbocycles. The molecule has 7 aliphatic rings. The summed E-state index contributed by atoms with van der Waals surface area (Å²) in [5.74, 6) is 1.02. The Balaban J connectivity index is 1.33. The molecule has 5 nitrogen and oxygen atoms in total. The van der Waals surface area contributed by atoms with Gasteiger partial charge >= 0.3 is 27.5 Å². The van der Waals surface area contributed by atoms with Crippen molar-refractivity contribution in [1.82, 2.24) is 0 Å². The Bertz CT molecular complexity index is 933. The Hall–Kier alpha value is -0.970. The predicted octanol–water partition coefficient (Wildman–Crippen LogP) is 4.53. The molecule has 10 unspecified atom stereocenters. The van der Waals surface area contributed by atoms with Gasteiger partial charge in [-0.05, 0) is 104 Å². The third kappa shape index (κ3) is 2.96. The molecular formula is C22H27F5O5S. The zero-order valence-electron chi connectivity index (χ0n) is 17.8. The van der Waals surface area contributed by atoms with Gasteiger partial charge in [0.1, 0.15) is 0 Å². The highest BCUT2D eigenvalue weighted by Gasteiger charge is 2.72. The molecule has 0 radical (unpaired) electrons. The Morgan fingerprint density at radius 2 is 1.24 bits per heavy atom. The molecule has 0 amide bonds. The van der Waals surface area contributed by atoms with E-state index in [0.29, 0.717) is 41.9 Å². The van der Waals surface area contributed by atoms with Gasteiger partial charge in [0.15, 0.2) is 0 Å². The van der Waals surface area contributed by atoms with Gasteiger partial charge in [-0.2, -0.15) is 30.4 Å². The van der Waals surface area contributed by atoms with Gasteiger partial charge in [0.25, 0.3) is 6.10 Å². The largest absolute Gasteiger partial charge is 0.444 e. The Kier molecular flexibility index (Phi) is 4.65. The predicted molar refractivity (Wildman–Crippen MR) is 103 cm³/mol. The fourth-order valence-corrected chi connectivity index (χ4v) is 10.4. The second-order valence-electron chi connectivity index (χ2n) is 11.5. The molecule has 6 bridgehead atoms. The first-order valence-electron chi connectivity index (χ1n) is 11.9. The van der Waals surface area contributed by atoms with E-state index in [1.54, 1.807) is 0 Å². The van der Waals surface area contributed by atoms with Crippen molar-refractivity contribution in [1.29, 1.82) is 0 Å². The lowest BCUT2D eigenvalue weighted by Crippen LogP contribution is -2.60. The molecule has 0 aromatic heterocycles. The Labute approximate surface area is 188 Å². The fourth-order valence-electron chi connectivity index (χ4n) is 9.91. The maximum Gasteiger partial charge on any atom is 0.432 e. The molecule has 0 saturated heterocycles. The second kappa shape index (κ2) is 6.83. The number of esters is 1. The second-order valence-corrected chi connectivity index (χ2v) is 12.9. The average Bonchev–Trinajstić information content (AvgIpc) is 3.51. The van der Waals surface area contributed by atoms with E-state index in [0.717, 1.165) is 38.5 Å². The molecule has 0 spiro atoms. The van der Waals surface area contributed by atoms with Crippen LogP contribution in [0, 0.1) is 65.1 Å². The molecule has 0 aliphatic heterocycles. The average molecular weight is 499 g/mol. The van der Waals surface area contributed by atoms with E-state index in [-0.39, 0.29) is 23.7 Å². The van der Waals surface area contributed by atoms with Crippen molar-refractivity contribution in [2.24, 2.45) is 65.1 Å². The summed E-state index contributed by atoms with van der Waals surface area (Å²) in [6.45, 7) is 0. The van der Waals surface area contributed by atoms with Gasteiger partial charge in [0.2, 0.25) is 0 Å². The van der Waals surface area contributed by atoms with Crippen LogP contribution in [0.2, 0.25) is 0 Å². The smallest absolute Gasteiger partial charge is 0.432 e. The van der Waals surface area contributed by atoms with Crippen molar-refractivity contribution >= 4 is 16.1 Å². The van der Waals surface area contributed by atoms with Crippen LogP contribution in [-0.4, -0.2) is 36.5 Å². The zero-order valence-corrected chi connectivity index (χ0v) is 18.6. The molecule has 0 aromatic rings. The van der Waals surface area contributed by atoms with Crippen molar-refractivity contribution in [3.8, 4) is 0 Å². The number of ether oxygens (including phenoxy) is 1. The Morgan fingerprint density at radius 1 is 0.788 bits per heavy atom. The molecule has 1 N–H and O–H groups in total. The zero-order chi connectivity index (χ0) is 23.7. The highest BCUT2D eigenvalue weighted by Crippen LogP contribution is 2.75. The number of halogens is 5. The summed E-state index contributed by atoms with van der Waals surface area (Å²) >= 11 is 0. The molecule has 186 valence electrons. The van der Waals surface area contributed by atoms with Crippen LogP contribution in [0.3, 0.4) is 0 Å². The first-order valence-corrected chi connectivity index (χ1v) is 13.4. The van der Waals surface area contributed by atoms with Crippen LogP contribution in [-0.2, 0) is 19.6 Å². The quantitative estimate of drug-likeness (QED) is 0.350. The summed E-state index contributed by atoms with van der Waals surface area (Å²) in [6.07, 6.45) is -3.25. The molecule has 11 heteroatoms. The standard InChI is InChI=1S/C22H27F5O5S/c23-21(24,25)20(22(26,27)33(29,30)31)32-19(28)13-7-12-14-8-1-3-10(5-8)16(14)18(13)17-11-4-2-9(6-11)15(12)17/h8-18,20H,1-7H2,(H,29,30,31). The number of carbonyl (C=O) groups is 1. The molecule has 0 aromatic carbocycles. The SMILES string of the molecule is O=C(OC(C(F)(F)F)C(F)(F)S(=O)(=O)O)C1CC2C3C4CCC(C4)C3C1C1C3CCC(C3)C21. The van der Waals surface area contributed by atoms with Gasteiger partial charge < -0.3 is 4.74 Å². The van der Waals surface area contributed by atoms with Crippen LogP contribution in [0.5, 0.6) is 0 Å². The molecule has 7 rings (SSSR count). The van der Waals surface area contributed by atoms with Gasteiger partial charge in [0.05, 0.1) is 5.92 Å². The van der Waals surface area contributed by atoms with Crippen LogP contribution < -0.4 is 0 Å². The van der Waals surface area contributed by atoms with Crippen LogP contribution in [0.1, 0.15) is 44.9 Å². The normalized spacial score (nSPS) is 48.6. The lowest BCUT2D eigenvalue weighted by Gasteiger charge is -2.62. The van der Waals surface area contributed by atoms with Crippen molar-refractivity contribution in [2.75, 3.05) is 0 Å². The summed E-state index contributed by atoms with van der Waals surface area (Å²) < 4.78 is 103. The first kappa shape index (κ1) is 22.5. The van der Waals surface area contributed by atoms with Gasteiger partial charge in [0, 0.05) is 0 Å². The Morgan fingerprint density at radius 3 is 1.67 bits per heavy atom. The lowest BCUT2D eigenvalue weighted by atomic mass is 9.42. The van der Waals surface area contributed by atoms with Crippen LogP contribution in [0.25, 0.3) is 0 Å². The van der Waals surface area contributed by atoms with Crippen LogP contribution in [0.15, 0.2) is 0 Å². The number of hydrogen-bond acceptors (Lipinski definition) is 4. The monoisotopic (exact) mass is 498 g/mol. The van der Waals surface area contributed by atoms with E-state index >= 15 is 0 Å². The minimum Gasteiger partial charge on any atom is -0.444 e. The van der Waals surface area contributed by atoms with Gasteiger partial charge in [-0.1, -0.05) is 0 Å². The molecular weight excluding hydrogens is 471 g/mol. The van der Waals surface area contributed by atoms with E-state index in [1.165, 1.54) is 0 Å². The molecule has 0 heterocycles. The number of carbonyl (C=O) groups excluding carboxylic acids is 1. The maximum atomic E-state index is 14.0. The van der Waals surface area contributed by atoms with Crippen molar-refractivity contribution < 1.29 is 44.5 Å². The van der Waals surface area contributed by atoms with Gasteiger partial charge in [-0.25, -0.2) is 0 Å². The third-order valence-corrected chi connectivity index (χ3v) is 11.3. The third-order valence-electron chi connectivity index (χ3n) is 10.4. The molecule has 33 heavy (non-hydrogen) atoms. The van der Waals surface area contributed by atoms with E-state index in [1.807, 2.05) is 0 Å². The number of hydrogen-bond donors (Lipinski definition) is 1. The van der Waals surface area contributed by atoms with Crippen molar-refractivity contribution in [3.05, 3.63) is 0 Å². The molecule has 10 atom stereocenters. The maximum absolute atomic E-state index is 14.0. The lowest BCUT2D eigenvalue weighted by molar-refractivity contribution is -0.265. The summed E-state index contributed by atoms with van der Waals surface area (Å²) in [5, 5.41) is -5.68. The minimum absolute atomic E-state index is 0.184. The van der Waals surface area contributed by atoms with Crippen LogP contribution >= 0.6 is 0 Å². The number of alkyl halides is 5. The molecule has 7 aliphatic carbocycles. The van der Waals surface area contributed by atoms with Gasteiger partial charge in [-0.15, -0.1) is 0 Å². The first-order chi connectivity index (χ1) is 15.3. The van der Waals surface area contributed by atoms with E-state index in [2.05, 4.69) is 4.74 Å². The van der Waals surface area contributed by atoms with E-state index < -0.39 is 39.5 Å².